The molecule has 7 heteroatoms. The molecular formula is C17H31N5O2. The van der Waals surface area contributed by atoms with Crippen molar-refractivity contribution in [1.82, 2.24) is 20.3 Å². The van der Waals surface area contributed by atoms with Gasteiger partial charge in [0.25, 0.3) is 0 Å². The first-order valence-electron chi connectivity index (χ1n) is 8.98. The van der Waals surface area contributed by atoms with Crippen LogP contribution in [0.1, 0.15) is 31.9 Å². The Bertz CT molecular complexity index is 456. The number of rotatable bonds is 9. The highest BCUT2D eigenvalue weighted by Crippen LogP contribution is 2.07. The van der Waals surface area contributed by atoms with E-state index in [1.165, 1.54) is 6.42 Å². The predicted octanol–water partition coefficient (Wildman–Crippen LogP) is 1.57. The van der Waals surface area contributed by atoms with Crippen LogP contribution in [0.25, 0.3) is 0 Å². The summed E-state index contributed by atoms with van der Waals surface area (Å²) in [6, 6.07) is 1.93. The van der Waals surface area contributed by atoms with Crippen molar-refractivity contribution in [3.8, 4) is 0 Å². The summed E-state index contributed by atoms with van der Waals surface area (Å²) in [5.41, 5.74) is 0.994. The van der Waals surface area contributed by atoms with Crippen LogP contribution in [0.5, 0.6) is 0 Å². The second-order valence-electron chi connectivity index (χ2n) is 6.05. The van der Waals surface area contributed by atoms with Crippen molar-refractivity contribution >= 4 is 5.96 Å². The third-order valence-corrected chi connectivity index (χ3v) is 4.15. The van der Waals surface area contributed by atoms with E-state index < -0.39 is 0 Å². The molecule has 0 radical (unpaired) electrons. The van der Waals surface area contributed by atoms with Gasteiger partial charge in [-0.3, -0.25) is 9.89 Å². The molecule has 7 nitrogen and oxygen atoms in total. The van der Waals surface area contributed by atoms with Crippen LogP contribution in [-0.2, 0) is 11.3 Å². The number of piperazine rings is 1. The molecule has 1 saturated heterocycles. The quantitative estimate of drug-likeness (QED) is 0.419. The molecule has 1 aliphatic heterocycles. The summed E-state index contributed by atoms with van der Waals surface area (Å²) in [4.78, 5) is 9.11. The zero-order chi connectivity index (χ0) is 17.0. The van der Waals surface area contributed by atoms with Crippen molar-refractivity contribution in [1.29, 1.82) is 0 Å². The number of guanidine groups is 1. The lowest BCUT2D eigenvalue weighted by atomic mass is 10.3. The Labute approximate surface area is 145 Å². The Morgan fingerprint density at radius 1 is 1.29 bits per heavy atom. The molecular weight excluding hydrogens is 306 g/mol. The van der Waals surface area contributed by atoms with Gasteiger partial charge in [0, 0.05) is 65.6 Å². The van der Waals surface area contributed by atoms with Crippen LogP contribution in [0.15, 0.2) is 21.8 Å². The molecule has 24 heavy (non-hydrogen) atoms. The van der Waals surface area contributed by atoms with Crippen LogP contribution in [0.3, 0.4) is 0 Å². The summed E-state index contributed by atoms with van der Waals surface area (Å²) in [7, 11) is 1.85. The highest BCUT2D eigenvalue weighted by Gasteiger charge is 2.19. The molecule has 1 aromatic rings. The van der Waals surface area contributed by atoms with Crippen molar-refractivity contribution < 1.29 is 9.26 Å². The highest BCUT2D eigenvalue weighted by atomic mass is 16.5. The molecule has 1 fully saturated rings. The second-order valence-corrected chi connectivity index (χ2v) is 6.05. The Morgan fingerprint density at radius 2 is 2.08 bits per heavy atom. The average Bonchev–Trinajstić information content (AvgIpc) is 3.11. The van der Waals surface area contributed by atoms with Crippen molar-refractivity contribution in [3.05, 3.63) is 18.0 Å². The van der Waals surface area contributed by atoms with Gasteiger partial charge >= 0.3 is 0 Å². The van der Waals surface area contributed by atoms with Gasteiger partial charge in [-0.05, 0) is 12.8 Å². The summed E-state index contributed by atoms with van der Waals surface area (Å²) >= 11 is 0. The molecule has 2 rings (SSSR count). The number of aromatic nitrogens is 1. The molecule has 136 valence electrons. The molecule has 1 aliphatic rings. The van der Waals surface area contributed by atoms with E-state index in [4.69, 9.17) is 9.26 Å². The van der Waals surface area contributed by atoms with Crippen molar-refractivity contribution in [2.45, 2.75) is 32.7 Å². The van der Waals surface area contributed by atoms with Crippen LogP contribution >= 0.6 is 0 Å². The van der Waals surface area contributed by atoms with Gasteiger partial charge in [0.05, 0.1) is 5.69 Å². The monoisotopic (exact) mass is 337 g/mol. The molecule has 0 unspecified atom stereocenters. The molecule has 0 saturated carbocycles. The number of aliphatic imine (C=N–C) groups is 1. The maximum absolute atomic E-state index is 5.59. The van der Waals surface area contributed by atoms with Gasteiger partial charge < -0.3 is 19.5 Å². The van der Waals surface area contributed by atoms with Crippen LogP contribution in [0.2, 0.25) is 0 Å². The summed E-state index contributed by atoms with van der Waals surface area (Å²) < 4.78 is 10.5. The maximum Gasteiger partial charge on any atom is 0.193 e. The predicted molar refractivity (Wildman–Crippen MR) is 95.1 cm³/mol. The highest BCUT2D eigenvalue weighted by molar-refractivity contribution is 5.79. The van der Waals surface area contributed by atoms with Gasteiger partial charge in [0.15, 0.2) is 5.96 Å². The van der Waals surface area contributed by atoms with Gasteiger partial charge in [-0.25, -0.2) is 0 Å². The van der Waals surface area contributed by atoms with Gasteiger partial charge in [-0.15, -0.1) is 0 Å². The summed E-state index contributed by atoms with van der Waals surface area (Å²) in [6.45, 7) is 9.59. The molecule has 0 atom stereocenters. The van der Waals surface area contributed by atoms with E-state index in [-0.39, 0.29) is 0 Å². The fraction of sp³-hybridized carbons (Fsp3) is 0.765. The summed E-state index contributed by atoms with van der Waals surface area (Å²) in [6.07, 6.45) is 4.97. The Balaban J connectivity index is 1.60. The van der Waals surface area contributed by atoms with Crippen molar-refractivity contribution in [2.24, 2.45) is 4.99 Å². The van der Waals surface area contributed by atoms with Crippen LogP contribution in [0, 0.1) is 0 Å². The Morgan fingerprint density at radius 3 is 2.75 bits per heavy atom. The standard InChI is InChI=1S/C17H31N5O2/c1-3-4-12-23-13-5-7-19-17(18-2)22-10-8-21(9-11-22)15-16-6-14-24-20-16/h6,14H,3-5,7-13,15H2,1-2H3,(H,18,19). The zero-order valence-corrected chi connectivity index (χ0v) is 15.0. The first kappa shape index (κ1) is 18.7. The molecule has 0 spiro atoms. The largest absolute Gasteiger partial charge is 0.381 e. The SMILES string of the molecule is CCCCOCCCNC(=NC)N1CCN(Cc2ccon2)CC1. The van der Waals surface area contributed by atoms with Crippen LogP contribution in [-0.4, -0.2) is 73.9 Å². The fourth-order valence-electron chi connectivity index (χ4n) is 2.72. The smallest absolute Gasteiger partial charge is 0.193 e. The van der Waals surface area contributed by atoms with E-state index in [1.807, 2.05) is 13.1 Å². The first-order chi connectivity index (χ1) is 11.8. The van der Waals surface area contributed by atoms with E-state index in [0.29, 0.717) is 0 Å². The minimum Gasteiger partial charge on any atom is -0.381 e. The molecule has 1 aromatic heterocycles. The molecule has 0 aliphatic carbocycles. The van der Waals surface area contributed by atoms with Crippen molar-refractivity contribution in [2.75, 3.05) is 53.0 Å². The lowest BCUT2D eigenvalue weighted by molar-refractivity contribution is 0.129. The molecule has 0 amide bonds. The molecule has 2 heterocycles. The van der Waals surface area contributed by atoms with Crippen LogP contribution in [0.4, 0.5) is 0 Å². The number of hydrogen-bond acceptors (Lipinski definition) is 5. The van der Waals surface area contributed by atoms with Crippen LogP contribution < -0.4 is 5.32 Å². The normalized spacial score (nSPS) is 16.6. The minimum absolute atomic E-state index is 0.815. The van der Waals surface area contributed by atoms with Gasteiger partial charge in [-0.1, -0.05) is 18.5 Å². The minimum atomic E-state index is 0.815. The number of nitrogens with one attached hydrogen (secondary N) is 1. The van der Waals surface area contributed by atoms with E-state index in [1.54, 1.807) is 6.26 Å². The lowest BCUT2D eigenvalue weighted by Gasteiger charge is -2.36. The fourth-order valence-corrected chi connectivity index (χ4v) is 2.72. The second kappa shape index (κ2) is 11.0. The van der Waals surface area contributed by atoms with E-state index in [2.05, 4.69) is 32.2 Å². The summed E-state index contributed by atoms with van der Waals surface area (Å²) in [5, 5.41) is 7.42. The summed E-state index contributed by atoms with van der Waals surface area (Å²) in [5.74, 6) is 0.990. The lowest BCUT2D eigenvalue weighted by Crippen LogP contribution is -2.52. The Hall–Kier alpha value is -1.60. The third-order valence-electron chi connectivity index (χ3n) is 4.15. The maximum atomic E-state index is 5.59. The first-order valence-corrected chi connectivity index (χ1v) is 8.98. The number of hydrogen-bond donors (Lipinski definition) is 1. The topological polar surface area (TPSA) is 66.1 Å². The number of ether oxygens (including phenoxy) is 1. The van der Waals surface area contributed by atoms with Gasteiger partial charge in [0.2, 0.25) is 0 Å². The molecule has 1 N–H and O–H groups in total. The van der Waals surface area contributed by atoms with Gasteiger partial charge in [0.1, 0.15) is 6.26 Å². The number of unbranched alkanes of at least 4 members (excludes halogenated alkanes) is 1. The Kier molecular flexibility index (Phi) is 8.62. The zero-order valence-electron chi connectivity index (χ0n) is 15.0. The molecule has 0 bridgehead atoms. The molecule has 0 aromatic carbocycles. The van der Waals surface area contributed by atoms with Gasteiger partial charge in [-0.2, -0.15) is 0 Å². The van der Waals surface area contributed by atoms with E-state index in [9.17, 15) is 0 Å². The van der Waals surface area contributed by atoms with Crippen molar-refractivity contribution in [3.63, 3.8) is 0 Å². The van der Waals surface area contributed by atoms with E-state index >= 15 is 0 Å². The average molecular weight is 337 g/mol. The third kappa shape index (κ3) is 6.49. The number of nitrogens with zero attached hydrogens (tertiary/aromatic N) is 4. The van der Waals surface area contributed by atoms with E-state index in [0.717, 1.165) is 77.0 Å².